The second-order valence-corrected chi connectivity index (χ2v) is 6.65. The number of anilines is 1. The highest BCUT2D eigenvalue weighted by Crippen LogP contribution is 2.30. The molecule has 1 heterocycles. The van der Waals surface area contributed by atoms with Gasteiger partial charge in [-0.2, -0.15) is 0 Å². The summed E-state index contributed by atoms with van der Waals surface area (Å²) in [5, 5.41) is 3.18. The number of hydrogen-bond donors (Lipinski definition) is 2. The van der Waals surface area contributed by atoms with Crippen molar-refractivity contribution in [3.8, 4) is 11.5 Å². The van der Waals surface area contributed by atoms with E-state index in [1.165, 1.54) is 0 Å². The molecule has 3 aromatic rings. The number of H-pyrrole nitrogens is 1. The minimum atomic E-state index is -0.967. The normalized spacial score (nSPS) is 10.9. The van der Waals surface area contributed by atoms with E-state index in [0.29, 0.717) is 46.6 Å². The SMILES string of the molecule is CCOc1ccc(OCC)c(NC(=O)CSc2nc3cc(F)c(F)cc3[nH]2)c1. The summed E-state index contributed by atoms with van der Waals surface area (Å²) < 4.78 is 37.6. The van der Waals surface area contributed by atoms with Gasteiger partial charge in [-0.05, 0) is 26.0 Å². The summed E-state index contributed by atoms with van der Waals surface area (Å²) in [5.41, 5.74) is 1.17. The maximum absolute atomic E-state index is 13.3. The van der Waals surface area contributed by atoms with Gasteiger partial charge in [0, 0.05) is 18.2 Å². The Morgan fingerprint density at radius 2 is 1.89 bits per heavy atom. The first kappa shape index (κ1) is 19.9. The second kappa shape index (κ2) is 8.92. The first-order chi connectivity index (χ1) is 13.5. The van der Waals surface area contributed by atoms with Crippen molar-refractivity contribution in [2.45, 2.75) is 19.0 Å². The highest BCUT2D eigenvalue weighted by molar-refractivity contribution is 7.99. The average Bonchev–Trinajstić information content (AvgIpc) is 3.04. The lowest BCUT2D eigenvalue weighted by Gasteiger charge is -2.13. The minimum Gasteiger partial charge on any atom is -0.494 e. The summed E-state index contributed by atoms with van der Waals surface area (Å²) in [6.07, 6.45) is 0. The molecule has 6 nitrogen and oxygen atoms in total. The van der Waals surface area contributed by atoms with E-state index in [4.69, 9.17) is 9.47 Å². The fourth-order valence-corrected chi connectivity index (χ4v) is 3.20. The van der Waals surface area contributed by atoms with Crippen LogP contribution in [0.1, 0.15) is 13.8 Å². The van der Waals surface area contributed by atoms with Crippen LogP contribution in [0.15, 0.2) is 35.5 Å². The number of nitrogens with zero attached hydrogens (tertiary/aromatic N) is 1. The van der Waals surface area contributed by atoms with Crippen LogP contribution in [0.25, 0.3) is 11.0 Å². The molecule has 0 unspecified atom stereocenters. The third kappa shape index (κ3) is 4.72. The van der Waals surface area contributed by atoms with Gasteiger partial charge in [0.15, 0.2) is 16.8 Å². The highest BCUT2D eigenvalue weighted by Gasteiger charge is 2.13. The van der Waals surface area contributed by atoms with Gasteiger partial charge in [-0.3, -0.25) is 4.79 Å². The van der Waals surface area contributed by atoms with Gasteiger partial charge in [-0.25, -0.2) is 13.8 Å². The molecule has 0 radical (unpaired) electrons. The fraction of sp³-hybridized carbons (Fsp3) is 0.263. The minimum absolute atomic E-state index is 0.0508. The van der Waals surface area contributed by atoms with Crippen LogP contribution < -0.4 is 14.8 Å². The molecule has 2 N–H and O–H groups in total. The molecule has 0 fully saturated rings. The van der Waals surface area contributed by atoms with E-state index >= 15 is 0 Å². The first-order valence-corrected chi connectivity index (χ1v) is 9.65. The van der Waals surface area contributed by atoms with Crippen molar-refractivity contribution in [1.82, 2.24) is 9.97 Å². The van der Waals surface area contributed by atoms with Gasteiger partial charge in [0.1, 0.15) is 11.5 Å². The number of carbonyl (C=O) groups excluding carboxylic acids is 1. The molecule has 0 aliphatic carbocycles. The lowest BCUT2D eigenvalue weighted by atomic mass is 10.2. The van der Waals surface area contributed by atoms with E-state index < -0.39 is 11.6 Å². The molecular formula is C19H19F2N3O3S. The molecule has 0 saturated heterocycles. The van der Waals surface area contributed by atoms with Gasteiger partial charge in [0.25, 0.3) is 0 Å². The zero-order chi connectivity index (χ0) is 20.1. The van der Waals surface area contributed by atoms with Crippen LogP contribution in [0.3, 0.4) is 0 Å². The smallest absolute Gasteiger partial charge is 0.234 e. The van der Waals surface area contributed by atoms with Crippen LogP contribution >= 0.6 is 11.8 Å². The van der Waals surface area contributed by atoms with Gasteiger partial charge in [0.05, 0.1) is 35.7 Å². The van der Waals surface area contributed by atoms with Crippen LogP contribution in [-0.2, 0) is 4.79 Å². The van der Waals surface area contributed by atoms with Crippen molar-refractivity contribution >= 4 is 34.4 Å². The average molecular weight is 407 g/mol. The topological polar surface area (TPSA) is 76.2 Å². The maximum Gasteiger partial charge on any atom is 0.234 e. The first-order valence-electron chi connectivity index (χ1n) is 8.67. The Bertz CT molecular complexity index is 955. The fourth-order valence-electron chi connectivity index (χ4n) is 2.51. The summed E-state index contributed by atoms with van der Waals surface area (Å²) in [4.78, 5) is 19.4. The molecule has 0 aliphatic rings. The Hall–Kier alpha value is -2.81. The van der Waals surface area contributed by atoms with Crippen molar-refractivity contribution in [1.29, 1.82) is 0 Å². The van der Waals surface area contributed by atoms with Crippen LogP contribution in [0.2, 0.25) is 0 Å². The van der Waals surface area contributed by atoms with Gasteiger partial charge in [-0.15, -0.1) is 0 Å². The maximum atomic E-state index is 13.3. The third-order valence-electron chi connectivity index (χ3n) is 3.68. The number of aromatic amines is 1. The molecule has 1 aromatic heterocycles. The number of halogens is 2. The van der Waals surface area contributed by atoms with Crippen molar-refractivity contribution in [2.75, 3.05) is 24.3 Å². The quantitative estimate of drug-likeness (QED) is 0.543. The second-order valence-electron chi connectivity index (χ2n) is 5.69. The van der Waals surface area contributed by atoms with E-state index in [-0.39, 0.29) is 11.7 Å². The molecule has 0 bridgehead atoms. The lowest BCUT2D eigenvalue weighted by molar-refractivity contribution is -0.113. The van der Waals surface area contributed by atoms with Gasteiger partial charge < -0.3 is 19.8 Å². The summed E-state index contributed by atoms with van der Waals surface area (Å²) in [5.74, 6) is -0.990. The Morgan fingerprint density at radius 1 is 1.14 bits per heavy atom. The van der Waals surface area contributed by atoms with Gasteiger partial charge in [-0.1, -0.05) is 11.8 Å². The zero-order valence-corrected chi connectivity index (χ0v) is 16.2. The highest BCUT2D eigenvalue weighted by atomic mass is 32.2. The number of thioether (sulfide) groups is 1. The molecule has 28 heavy (non-hydrogen) atoms. The van der Waals surface area contributed by atoms with Crippen molar-refractivity contribution < 1.29 is 23.0 Å². The zero-order valence-electron chi connectivity index (χ0n) is 15.3. The summed E-state index contributed by atoms with van der Waals surface area (Å²) >= 11 is 1.12. The van der Waals surface area contributed by atoms with E-state index in [9.17, 15) is 13.6 Å². The number of aromatic nitrogens is 2. The number of ether oxygens (including phenoxy) is 2. The number of benzene rings is 2. The van der Waals surface area contributed by atoms with Crippen molar-refractivity contribution in [2.24, 2.45) is 0 Å². The molecule has 9 heteroatoms. The van der Waals surface area contributed by atoms with E-state index in [0.717, 1.165) is 23.9 Å². The van der Waals surface area contributed by atoms with Crippen molar-refractivity contribution in [3.63, 3.8) is 0 Å². The van der Waals surface area contributed by atoms with E-state index in [2.05, 4.69) is 15.3 Å². The number of nitrogens with one attached hydrogen (secondary N) is 2. The predicted molar refractivity (Wildman–Crippen MR) is 104 cm³/mol. The third-order valence-corrected chi connectivity index (χ3v) is 4.55. The number of imidazole rings is 1. The number of carbonyl (C=O) groups is 1. The Morgan fingerprint density at radius 3 is 2.64 bits per heavy atom. The van der Waals surface area contributed by atoms with Crippen LogP contribution in [-0.4, -0.2) is 34.8 Å². The lowest BCUT2D eigenvalue weighted by Crippen LogP contribution is -2.15. The van der Waals surface area contributed by atoms with Crippen molar-refractivity contribution in [3.05, 3.63) is 42.0 Å². The van der Waals surface area contributed by atoms with Crippen LogP contribution in [0, 0.1) is 11.6 Å². The van der Waals surface area contributed by atoms with Crippen LogP contribution in [0.4, 0.5) is 14.5 Å². The van der Waals surface area contributed by atoms with Crippen LogP contribution in [0.5, 0.6) is 11.5 Å². The van der Waals surface area contributed by atoms with Gasteiger partial charge in [0.2, 0.25) is 5.91 Å². The molecule has 2 aromatic carbocycles. The predicted octanol–water partition coefficient (Wildman–Crippen LogP) is 4.37. The molecule has 3 rings (SSSR count). The molecule has 0 aliphatic heterocycles. The molecule has 0 atom stereocenters. The Balaban J connectivity index is 1.67. The molecule has 1 amide bonds. The molecule has 0 spiro atoms. The number of rotatable bonds is 8. The summed E-state index contributed by atoms with van der Waals surface area (Å²) in [6.45, 7) is 4.68. The monoisotopic (exact) mass is 407 g/mol. The molecular weight excluding hydrogens is 388 g/mol. The van der Waals surface area contributed by atoms with Gasteiger partial charge >= 0.3 is 0 Å². The Kier molecular flexibility index (Phi) is 6.35. The molecule has 0 saturated carbocycles. The summed E-state index contributed by atoms with van der Waals surface area (Å²) in [7, 11) is 0. The number of hydrogen-bond acceptors (Lipinski definition) is 5. The Labute approximate surface area is 164 Å². The standard InChI is InChI=1S/C19H19F2N3O3S/c1-3-26-11-5-6-17(27-4-2)16(7-11)22-18(25)10-28-19-23-14-8-12(20)13(21)9-15(14)24-19/h5-9H,3-4,10H2,1-2H3,(H,22,25)(H,23,24). The molecule has 148 valence electrons. The summed E-state index contributed by atoms with van der Waals surface area (Å²) in [6, 6.07) is 7.25. The largest absolute Gasteiger partial charge is 0.494 e. The van der Waals surface area contributed by atoms with E-state index in [1.54, 1.807) is 18.2 Å². The number of amides is 1. The van der Waals surface area contributed by atoms with E-state index in [1.807, 2.05) is 13.8 Å². The number of fused-ring (bicyclic) bond motifs is 1.